The minimum atomic E-state index is -2.16. The molecule has 1 unspecified atom stereocenters. The Labute approximate surface area is 180 Å². The number of anilines is 1. The number of hydrazine groups is 1. The Hall–Kier alpha value is -3.49. The summed E-state index contributed by atoms with van der Waals surface area (Å²) in [6.07, 6.45) is 0. The number of amides is 1. The third kappa shape index (κ3) is 4.50. The van der Waals surface area contributed by atoms with Crippen LogP contribution in [0.5, 0.6) is 0 Å². The Kier molecular flexibility index (Phi) is 5.83. The molecule has 158 valence electrons. The molecule has 0 aliphatic carbocycles. The van der Waals surface area contributed by atoms with Gasteiger partial charge in [0.25, 0.3) is 5.91 Å². The van der Waals surface area contributed by atoms with Gasteiger partial charge in [-0.25, -0.2) is 4.39 Å². The van der Waals surface area contributed by atoms with E-state index in [9.17, 15) is 17.9 Å². The first-order chi connectivity index (χ1) is 14.9. The van der Waals surface area contributed by atoms with E-state index in [4.69, 9.17) is 0 Å². The minimum absolute atomic E-state index is 0.0674. The number of aromatic nitrogens is 1. The van der Waals surface area contributed by atoms with Crippen molar-refractivity contribution in [1.82, 2.24) is 10.4 Å². The Morgan fingerprint density at radius 3 is 2.45 bits per heavy atom. The standard InChI is InChI=1S/C23H20FN3O3S/c1-14-3-2-4-19-20(16-7-9-17(24)10-8-16)22(25-21(14)19)23(28)27-26-18-11-5-15(6-12-18)13-31(29)30/h2-12,25-26H,13H2,1H3,(H,27,28)(H,29,30)/p-1. The summed E-state index contributed by atoms with van der Waals surface area (Å²) >= 11 is -2.16. The number of hydrogen-bond donors (Lipinski definition) is 3. The SMILES string of the molecule is Cc1cccc2c(-c3ccc(F)cc3)c(C(=O)NNc3ccc(CS(=O)[O-])cc3)[nH]c12. The number of carbonyl (C=O) groups excluding carboxylic acids is 1. The number of benzene rings is 3. The summed E-state index contributed by atoms with van der Waals surface area (Å²) in [4.78, 5) is 16.2. The Bertz CT molecular complexity index is 1270. The van der Waals surface area contributed by atoms with Crippen LogP contribution in [0.4, 0.5) is 10.1 Å². The van der Waals surface area contributed by atoms with E-state index in [0.29, 0.717) is 22.5 Å². The quantitative estimate of drug-likeness (QED) is 0.308. The van der Waals surface area contributed by atoms with Crippen LogP contribution in [0.25, 0.3) is 22.0 Å². The number of hydrogen-bond acceptors (Lipinski definition) is 4. The lowest BCUT2D eigenvalue weighted by Crippen LogP contribution is -2.30. The molecule has 0 aliphatic rings. The summed E-state index contributed by atoms with van der Waals surface area (Å²) in [5.41, 5.74) is 10.3. The van der Waals surface area contributed by atoms with Crippen molar-refractivity contribution >= 4 is 33.6 Å². The average molecular weight is 436 g/mol. The fourth-order valence-electron chi connectivity index (χ4n) is 3.46. The van der Waals surface area contributed by atoms with Crippen molar-refractivity contribution < 1.29 is 17.9 Å². The molecule has 0 bridgehead atoms. The Balaban J connectivity index is 1.63. The van der Waals surface area contributed by atoms with Crippen LogP contribution in [0.15, 0.2) is 66.7 Å². The predicted octanol–water partition coefficient (Wildman–Crippen LogP) is 4.42. The third-order valence-corrected chi connectivity index (χ3v) is 5.53. The molecule has 4 rings (SSSR count). The predicted molar refractivity (Wildman–Crippen MR) is 119 cm³/mol. The molecule has 0 saturated carbocycles. The van der Waals surface area contributed by atoms with Crippen molar-refractivity contribution in [1.29, 1.82) is 0 Å². The Morgan fingerprint density at radius 1 is 1.06 bits per heavy atom. The summed E-state index contributed by atoms with van der Waals surface area (Å²) in [5, 5.41) is 0.867. The number of aryl methyl sites for hydroxylation is 1. The number of nitrogens with one attached hydrogen (secondary N) is 3. The maximum Gasteiger partial charge on any atom is 0.286 e. The number of halogens is 1. The zero-order valence-electron chi connectivity index (χ0n) is 16.6. The van der Waals surface area contributed by atoms with Crippen LogP contribution < -0.4 is 10.9 Å². The molecule has 1 heterocycles. The van der Waals surface area contributed by atoms with Crippen molar-refractivity contribution in [2.45, 2.75) is 12.7 Å². The van der Waals surface area contributed by atoms with Gasteiger partial charge in [0.05, 0.1) is 5.69 Å². The molecule has 3 aromatic carbocycles. The summed E-state index contributed by atoms with van der Waals surface area (Å²) in [5.74, 6) is -0.807. The highest BCUT2D eigenvalue weighted by Gasteiger charge is 2.20. The number of rotatable bonds is 6. The van der Waals surface area contributed by atoms with E-state index in [-0.39, 0.29) is 17.5 Å². The molecule has 1 amide bonds. The van der Waals surface area contributed by atoms with Crippen molar-refractivity contribution in [3.8, 4) is 11.1 Å². The molecule has 0 radical (unpaired) electrons. The number of H-pyrrole nitrogens is 1. The lowest BCUT2D eigenvalue weighted by atomic mass is 10.0. The highest BCUT2D eigenvalue weighted by Crippen LogP contribution is 2.34. The fraction of sp³-hybridized carbons (Fsp3) is 0.0870. The maximum absolute atomic E-state index is 13.4. The van der Waals surface area contributed by atoms with Gasteiger partial charge in [0.1, 0.15) is 11.5 Å². The zero-order valence-corrected chi connectivity index (χ0v) is 17.4. The van der Waals surface area contributed by atoms with Gasteiger partial charge in [-0.3, -0.25) is 19.9 Å². The van der Waals surface area contributed by atoms with Crippen molar-refractivity contribution in [3.63, 3.8) is 0 Å². The van der Waals surface area contributed by atoms with Crippen LogP contribution in [0.3, 0.4) is 0 Å². The van der Waals surface area contributed by atoms with Crippen LogP contribution in [0, 0.1) is 12.7 Å². The summed E-state index contributed by atoms with van der Waals surface area (Å²) in [6.45, 7) is 1.95. The van der Waals surface area contributed by atoms with Gasteiger partial charge in [-0.15, -0.1) is 0 Å². The second-order valence-corrected chi connectivity index (χ2v) is 8.00. The molecule has 31 heavy (non-hydrogen) atoms. The van der Waals surface area contributed by atoms with E-state index in [2.05, 4.69) is 15.8 Å². The zero-order chi connectivity index (χ0) is 22.0. The average Bonchev–Trinajstić information content (AvgIpc) is 3.14. The second kappa shape index (κ2) is 8.71. The molecule has 1 atom stereocenters. The lowest BCUT2D eigenvalue weighted by molar-refractivity contribution is 0.0959. The minimum Gasteiger partial charge on any atom is -0.772 e. The van der Waals surface area contributed by atoms with E-state index >= 15 is 0 Å². The van der Waals surface area contributed by atoms with Crippen molar-refractivity contribution in [2.75, 3.05) is 5.43 Å². The van der Waals surface area contributed by atoms with Gasteiger partial charge in [0.2, 0.25) is 0 Å². The van der Waals surface area contributed by atoms with E-state index in [0.717, 1.165) is 22.0 Å². The number of carbonyl (C=O) groups is 1. The molecule has 0 spiro atoms. The van der Waals surface area contributed by atoms with Gasteiger partial charge in [-0.1, -0.05) is 53.5 Å². The topological polar surface area (TPSA) is 97.1 Å². The van der Waals surface area contributed by atoms with E-state index in [1.54, 1.807) is 36.4 Å². The molecule has 0 fully saturated rings. The molecule has 6 nitrogen and oxygen atoms in total. The van der Waals surface area contributed by atoms with Crippen molar-refractivity contribution in [3.05, 3.63) is 89.4 Å². The Morgan fingerprint density at radius 2 is 1.77 bits per heavy atom. The molecule has 1 aromatic heterocycles. The van der Waals surface area contributed by atoms with E-state index in [1.807, 2.05) is 25.1 Å². The number of fused-ring (bicyclic) bond motifs is 1. The van der Waals surface area contributed by atoms with Crippen molar-refractivity contribution in [2.24, 2.45) is 0 Å². The molecular weight excluding hydrogens is 417 g/mol. The second-order valence-electron chi connectivity index (χ2n) is 7.10. The van der Waals surface area contributed by atoms with Crippen LogP contribution >= 0.6 is 0 Å². The summed E-state index contributed by atoms with van der Waals surface area (Å²) in [6, 6.07) is 18.5. The van der Waals surface area contributed by atoms with Gasteiger partial charge in [-0.2, -0.15) is 0 Å². The van der Waals surface area contributed by atoms with Crippen LogP contribution in [-0.4, -0.2) is 19.7 Å². The van der Waals surface area contributed by atoms with Gasteiger partial charge < -0.3 is 9.54 Å². The smallest absolute Gasteiger partial charge is 0.286 e. The van der Waals surface area contributed by atoms with Crippen LogP contribution in [0.1, 0.15) is 21.6 Å². The lowest BCUT2D eigenvalue weighted by Gasteiger charge is -2.11. The highest BCUT2D eigenvalue weighted by molar-refractivity contribution is 7.78. The molecule has 8 heteroatoms. The van der Waals surface area contributed by atoms with Crippen LogP contribution in [-0.2, 0) is 16.8 Å². The fourth-order valence-corrected chi connectivity index (χ4v) is 3.93. The summed E-state index contributed by atoms with van der Waals surface area (Å²) < 4.78 is 35.0. The van der Waals surface area contributed by atoms with Crippen LogP contribution in [0.2, 0.25) is 0 Å². The summed E-state index contributed by atoms with van der Waals surface area (Å²) in [7, 11) is 0. The number of aromatic amines is 1. The molecule has 4 aromatic rings. The normalized spacial score (nSPS) is 12.0. The van der Waals surface area contributed by atoms with Gasteiger partial charge in [0, 0.05) is 22.2 Å². The van der Waals surface area contributed by atoms with Gasteiger partial charge in [0.15, 0.2) is 0 Å². The first kappa shape index (κ1) is 20.8. The molecule has 0 aliphatic heterocycles. The number of para-hydroxylation sites is 1. The van der Waals surface area contributed by atoms with Gasteiger partial charge in [-0.05, 0) is 47.9 Å². The first-order valence-corrected chi connectivity index (χ1v) is 10.7. The third-order valence-electron chi connectivity index (χ3n) is 4.96. The maximum atomic E-state index is 13.4. The largest absolute Gasteiger partial charge is 0.772 e. The molecule has 0 saturated heterocycles. The van der Waals surface area contributed by atoms with Gasteiger partial charge >= 0.3 is 0 Å². The first-order valence-electron chi connectivity index (χ1n) is 9.51. The molecular formula is C23H19FN3O3S-. The highest BCUT2D eigenvalue weighted by atomic mass is 32.2. The molecule has 3 N–H and O–H groups in total. The monoisotopic (exact) mass is 436 g/mol. The van der Waals surface area contributed by atoms with E-state index in [1.165, 1.54) is 12.1 Å². The van der Waals surface area contributed by atoms with E-state index < -0.39 is 11.1 Å².